The molecule has 0 saturated heterocycles. The number of pyridine rings is 1. The quantitative estimate of drug-likeness (QED) is 0.682. The van der Waals surface area contributed by atoms with Crippen LogP contribution in [0.4, 0.5) is 5.95 Å². The van der Waals surface area contributed by atoms with Gasteiger partial charge in [-0.1, -0.05) is 35.0 Å². The van der Waals surface area contributed by atoms with E-state index in [1.807, 2.05) is 25.3 Å². The fraction of sp³-hybridized carbons (Fsp3) is 0.417. The van der Waals surface area contributed by atoms with E-state index in [2.05, 4.69) is 15.2 Å². The molecule has 0 amide bonds. The fourth-order valence-electron chi connectivity index (χ4n) is 1.76. The van der Waals surface area contributed by atoms with Gasteiger partial charge in [-0.05, 0) is 26.8 Å². The Morgan fingerprint density at radius 1 is 1.35 bits per heavy atom. The summed E-state index contributed by atoms with van der Waals surface area (Å²) in [6, 6.07) is 1.99. The Bertz CT molecular complexity index is 603. The predicted molar refractivity (Wildman–Crippen MR) is 83.4 cm³/mol. The molecule has 0 spiro atoms. The van der Waals surface area contributed by atoms with Gasteiger partial charge in [-0.15, -0.1) is 10.2 Å². The Morgan fingerprint density at radius 2 is 2.05 bits per heavy atom. The first-order valence-electron chi connectivity index (χ1n) is 6.04. The molecule has 8 heteroatoms. The summed E-state index contributed by atoms with van der Waals surface area (Å²) in [7, 11) is 0. The highest BCUT2D eigenvalue weighted by Crippen LogP contribution is 2.31. The maximum atomic E-state index is 6.20. The van der Waals surface area contributed by atoms with Crippen LogP contribution in [0, 0.1) is 6.92 Å². The fourth-order valence-corrected chi connectivity index (χ4v) is 3.69. The zero-order valence-corrected chi connectivity index (χ0v) is 13.7. The average molecular weight is 332 g/mol. The lowest BCUT2D eigenvalue weighted by atomic mass is 10.3. The first kappa shape index (κ1) is 15.4. The summed E-state index contributed by atoms with van der Waals surface area (Å²) >= 11 is 13.8. The van der Waals surface area contributed by atoms with Crippen LogP contribution in [0.1, 0.15) is 31.1 Å². The molecule has 0 aliphatic rings. The van der Waals surface area contributed by atoms with Gasteiger partial charge >= 0.3 is 0 Å². The van der Waals surface area contributed by atoms with Gasteiger partial charge < -0.3 is 5.73 Å². The first-order valence-corrected chi connectivity index (χ1v) is 7.79. The van der Waals surface area contributed by atoms with Crippen LogP contribution in [0.5, 0.6) is 0 Å². The molecule has 108 valence electrons. The standard InChI is InChI=1S/C12H15Cl2N5S/c1-6(2)19-11(15)17-18-12(19)20-5-8-9(13)4-7(3)16-10(8)14/h4,6H,5H2,1-3H3,(H2,15,17). The van der Waals surface area contributed by atoms with Gasteiger partial charge in [0, 0.05) is 28.1 Å². The molecule has 0 bridgehead atoms. The number of halogens is 2. The number of rotatable bonds is 4. The molecule has 0 aromatic carbocycles. The van der Waals surface area contributed by atoms with Crippen molar-refractivity contribution in [3.63, 3.8) is 0 Å². The van der Waals surface area contributed by atoms with E-state index in [0.29, 0.717) is 21.9 Å². The van der Waals surface area contributed by atoms with Crippen LogP contribution in [-0.4, -0.2) is 19.7 Å². The van der Waals surface area contributed by atoms with Gasteiger partial charge in [0.15, 0.2) is 5.16 Å². The van der Waals surface area contributed by atoms with Crippen molar-refractivity contribution in [2.75, 3.05) is 5.73 Å². The third kappa shape index (κ3) is 3.19. The highest BCUT2D eigenvalue weighted by Gasteiger charge is 2.15. The molecule has 2 N–H and O–H groups in total. The summed E-state index contributed by atoms with van der Waals surface area (Å²) in [6.45, 7) is 5.90. The summed E-state index contributed by atoms with van der Waals surface area (Å²) in [4.78, 5) is 4.21. The summed E-state index contributed by atoms with van der Waals surface area (Å²) in [6.07, 6.45) is 0. The molecule has 0 radical (unpaired) electrons. The van der Waals surface area contributed by atoms with E-state index in [0.717, 1.165) is 16.4 Å². The van der Waals surface area contributed by atoms with Crippen LogP contribution in [0.2, 0.25) is 10.2 Å². The molecule has 2 aromatic heterocycles. The van der Waals surface area contributed by atoms with Crippen LogP contribution >= 0.6 is 35.0 Å². The summed E-state index contributed by atoms with van der Waals surface area (Å²) in [5.41, 5.74) is 7.39. The lowest BCUT2D eigenvalue weighted by Crippen LogP contribution is -2.07. The smallest absolute Gasteiger partial charge is 0.222 e. The van der Waals surface area contributed by atoms with E-state index in [1.54, 1.807) is 6.07 Å². The Kier molecular flexibility index (Phi) is 4.78. The first-order chi connectivity index (χ1) is 9.40. The van der Waals surface area contributed by atoms with Gasteiger partial charge in [0.1, 0.15) is 5.15 Å². The van der Waals surface area contributed by atoms with Crippen molar-refractivity contribution < 1.29 is 0 Å². The molecule has 0 fully saturated rings. The number of aromatic nitrogens is 4. The lowest BCUT2D eigenvalue weighted by Gasteiger charge is -2.12. The van der Waals surface area contributed by atoms with Gasteiger partial charge in [-0.3, -0.25) is 4.57 Å². The van der Waals surface area contributed by atoms with Gasteiger partial charge in [0.05, 0.1) is 0 Å². The number of nitrogens with zero attached hydrogens (tertiary/aromatic N) is 4. The average Bonchev–Trinajstić information content (AvgIpc) is 2.69. The number of aryl methyl sites for hydroxylation is 1. The molecule has 20 heavy (non-hydrogen) atoms. The van der Waals surface area contributed by atoms with Crippen molar-refractivity contribution in [2.45, 2.75) is 37.7 Å². The van der Waals surface area contributed by atoms with Crippen molar-refractivity contribution >= 4 is 40.9 Å². The van der Waals surface area contributed by atoms with Gasteiger partial charge in [0.2, 0.25) is 5.95 Å². The number of hydrogen-bond acceptors (Lipinski definition) is 5. The van der Waals surface area contributed by atoms with Crippen molar-refractivity contribution in [3.8, 4) is 0 Å². The molecule has 0 atom stereocenters. The normalized spacial score (nSPS) is 11.3. The number of nitrogens with two attached hydrogens (primary N) is 1. The Hall–Kier alpha value is -0.980. The zero-order chi connectivity index (χ0) is 14.9. The van der Waals surface area contributed by atoms with Crippen LogP contribution in [0.15, 0.2) is 11.2 Å². The van der Waals surface area contributed by atoms with Gasteiger partial charge in [-0.2, -0.15) is 0 Å². The monoisotopic (exact) mass is 331 g/mol. The second kappa shape index (κ2) is 6.20. The van der Waals surface area contributed by atoms with Crippen molar-refractivity contribution in [3.05, 3.63) is 27.5 Å². The maximum Gasteiger partial charge on any atom is 0.222 e. The number of nitrogen functional groups attached to an aromatic ring is 1. The van der Waals surface area contributed by atoms with E-state index < -0.39 is 0 Å². The summed E-state index contributed by atoms with van der Waals surface area (Å²) in [5.74, 6) is 0.970. The molecular formula is C12H15Cl2N5S. The lowest BCUT2D eigenvalue weighted by molar-refractivity contribution is 0.557. The topological polar surface area (TPSA) is 69.6 Å². The van der Waals surface area contributed by atoms with Gasteiger partial charge in [-0.25, -0.2) is 4.98 Å². The van der Waals surface area contributed by atoms with E-state index >= 15 is 0 Å². The zero-order valence-electron chi connectivity index (χ0n) is 11.4. The minimum Gasteiger partial charge on any atom is -0.368 e. The van der Waals surface area contributed by atoms with E-state index in [1.165, 1.54) is 11.8 Å². The molecule has 2 heterocycles. The van der Waals surface area contributed by atoms with Crippen molar-refractivity contribution in [2.24, 2.45) is 0 Å². The SMILES string of the molecule is Cc1cc(Cl)c(CSc2nnc(N)n2C(C)C)c(Cl)n1. The van der Waals surface area contributed by atoms with Crippen molar-refractivity contribution in [1.82, 2.24) is 19.7 Å². The minimum absolute atomic E-state index is 0.189. The van der Waals surface area contributed by atoms with Crippen LogP contribution in [0.25, 0.3) is 0 Å². The van der Waals surface area contributed by atoms with Crippen LogP contribution in [-0.2, 0) is 5.75 Å². The molecule has 2 aromatic rings. The number of hydrogen-bond donors (Lipinski definition) is 1. The minimum atomic E-state index is 0.189. The van der Waals surface area contributed by atoms with E-state index in [4.69, 9.17) is 28.9 Å². The van der Waals surface area contributed by atoms with E-state index in [-0.39, 0.29) is 6.04 Å². The molecular weight excluding hydrogens is 317 g/mol. The Morgan fingerprint density at radius 3 is 2.65 bits per heavy atom. The van der Waals surface area contributed by atoms with E-state index in [9.17, 15) is 0 Å². The molecule has 2 rings (SSSR count). The molecule has 0 aliphatic heterocycles. The molecule has 0 unspecified atom stereocenters. The van der Waals surface area contributed by atoms with Crippen molar-refractivity contribution in [1.29, 1.82) is 0 Å². The highest BCUT2D eigenvalue weighted by atomic mass is 35.5. The number of thioether (sulfide) groups is 1. The Labute approximate surface area is 131 Å². The molecule has 5 nitrogen and oxygen atoms in total. The summed E-state index contributed by atoms with van der Waals surface area (Å²) < 4.78 is 1.87. The Balaban J connectivity index is 2.22. The predicted octanol–water partition coefficient (Wildman–Crippen LogP) is 3.74. The maximum absolute atomic E-state index is 6.20. The largest absolute Gasteiger partial charge is 0.368 e. The van der Waals surface area contributed by atoms with Crippen LogP contribution in [0.3, 0.4) is 0 Å². The third-order valence-corrected chi connectivity index (χ3v) is 4.32. The molecule has 0 aliphatic carbocycles. The van der Waals surface area contributed by atoms with Crippen LogP contribution < -0.4 is 5.73 Å². The van der Waals surface area contributed by atoms with Gasteiger partial charge in [0.25, 0.3) is 0 Å². The summed E-state index contributed by atoms with van der Waals surface area (Å²) in [5, 5.41) is 9.74. The number of anilines is 1. The third-order valence-electron chi connectivity index (χ3n) is 2.70. The highest BCUT2D eigenvalue weighted by molar-refractivity contribution is 7.98. The molecule has 0 saturated carbocycles. The second-order valence-electron chi connectivity index (χ2n) is 4.61. The second-order valence-corrected chi connectivity index (χ2v) is 6.32.